The number of nitrogens with one attached hydrogen (secondary N) is 2. The lowest BCUT2D eigenvalue weighted by Crippen LogP contribution is -2.38. The van der Waals surface area contributed by atoms with Gasteiger partial charge < -0.3 is 15.4 Å². The van der Waals surface area contributed by atoms with E-state index in [0.717, 1.165) is 19.4 Å². The number of carbonyl (C=O) groups excluding carboxylic acids is 1. The van der Waals surface area contributed by atoms with Gasteiger partial charge in [0.2, 0.25) is 5.91 Å². The fourth-order valence-electron chi connectivity index (χ4n) is 3.12. The Morgan fingerprint density at radius 3 is 3.10 bits per heavy atom. The van der Waals surface area contributed by atoms with E-state index in [1.807, 2.05) is 0 Å². The molecule has 3 atom stereocenters. The average Bonchev–Trinajstić information content (AvgIpc) is 3.05. The number of rotatable bonds is 4. The van der Waals surface area contributed by atoms with Crippen LogP contribution >= 0.6 is 0 Å². The van der Waals surface area contributed by atoms with Crippen molar-refractivity contribution in [2.24, 2.45) is 5.92 Å². The van der Waals surface area contributed by atoms with E-state index < -0.39 is 0 Å². The van der Waals surface area contributed by atoms with Gasteiger partial charge in [-0.2, -0.15) is 0 Å². The molecule has 1 amide bonds. The third kappa shape index (κ3) is 2.66. The van der Waals surface area contributed by atoms with Gasteiger partial charge in [0.15, 0.2) is 0 Å². The molecular formula is C16H22N2O2. The van der Waals surface area contributed by atoms with Crippen LogP contribution in [-0.4, -0.2) is 31.7 Å². The summed E-state index contributed by atoms with van der Waals surface area (Å²) in [6.07, 6.45) is 1.71. The quantitative estimate of drug-likeness (QED) is 0.884. The summed E-state index contributed by atoms with van der Waals surface area (Å²) < 4.78 is 5.48. The SMILES string of the molecule is CC1CCOC1C(=O)NCCC1CNc2ccccc21. The van der Waals surface area contributed by atoms with Gasteiger partial charge in [-0.15, -0.1) is 0 Å². The molecule has 2 aliphatic heterocycles. The standard InChI is InChI=1S/C16H22N2O2/c1-11-7-9-20-15(11)16(19)17-8-6-12-10-18-14-5-3-2-4-13(12)14/h2-5,11-12,15,18H,6-10H2,1H3,(H,17,19). The number of anilines is 1. The lowest BCUT2D eigenvalue weighted by molar-refractivity contribution is -0.131. The van der Waals surface area contributed by atoms with E-state index in [1.54, 1.807) is 0 Å². The zero-order valence-electron chi connectivity index (χ0n) is 11.9. The third-order valence-corrected chi connectivity index (χ3v) is 4.38. The Hall–Kier alpha value is -1.55. The van der Waals surface area contributed by atoms with Crippen LogP contribution in [0.2, 0.25) is 0 Å². The van der Waals surface area contributed by atoms with Crippen LogP contribution in [0.25, 0.3) is 0 Å². The number of amides is 1. The van der Waals surface area contributed by atoms with Gasteiger partial charge in [0.25, 0.3) is 0 Å². The van der Waals surface area contributed by atoms with Crippen molar-refractivity contribution in [2.75, 3.05) is 25.0 Å². The van der Waals surface area contributed by atoms with Crippen molar-refractivity contribution in [1.82, 2.24) is 5.32 Å². The molecule has 1 saturated heterocycles. The molecule has 1 aromatic carbocycles. The molecule has 1 aromatic rings. The van der Waals surface area contributed by atoms with Gasteiger partial charge >= 0.3 is 0 Å². The molecule has 0 aromatic heterocycles. The maximum atomic E-state index is 12.0. The molecule has 0 spiro atoms. The molecule has 3 rings (SSSR count). The fraction of sp³-hybridized carbons (Fsp3) is 0.562. The lowest BCUT2D eigenvalue weighted by Gasteiger charge is -2.16. The number of ether oxygens (including phenoxy) is 1. The largest absolute Gasteiger partial charge is 0.384 e. The van der Waals surface area contributed by atoms with Crippen LogP contribution in [0.4, 0.5) is 5.69 Å². The van der Waals surface area contributed by atoms with Crippen molar-refractivity contribution >= 4 is 11.6 Å². The van der Waals surface area contributed by atoms with E-state index in [-0.39, 0.29) is 12.0 Å². The van der Waals surface area contributed by atoms with Crippen LogP contribution in [0.1, 0.15) is 31.2 Å². The zero-order valence-corrected chi connectivity index (χ0v) is 11.9. The molecule has 2 heterocycles. The predicted molar refractivity (Wildman–Crippen MR) is 78.8 cm³/mol. The van der Waals surface area contributed by atoms with Gasteiger partial charge in [0.05, 0.1) is 0 Å². The molecule has 20 heavy (non-hydrogen) atoms. The molecule has 0 saturated carbocycles. The summed E-state index contributed by atoms with van der Waals surface area (Å²) in [5.74, 6) is 0.881. The Labute approximate surface area is 119 Å². The second-order valence-corrected chi connectivity index (χ2v) is 5.80. The Morgan fingerprint density at radius 1 is 1.45 bits per heavy atom. The van der Waals surface area contributed by atoms with Gasteiger partial charge in [0.1, 0.15) is 6.10 Å². The van der Waals surface area contributed by atoms with Gasteiger partial charge in [-0.05, 0) is 30.4 Å². The van der Waals surface area contributed by atoms with E-state index in [9.17, 15) is 4.79 Å². The first-order valence-electron chi connectivity index (χ1n) is 7.48. The minimum absolute atomic E-state index is 0.0502. The highest BCUT2D eigenvalue weighted by molar-refractivity contribution is 5.81. The van der Waals surface area contributed by atoms with Gasteiger partial charge in [-0.25, -0.2) is 0 Å². The first kappa shape index (κ1) is 13.4. The number of carbonyl (C=O) groups is 1. The van der Waals surface area contributed by atoms with Crippen LogP contribution in [-0.2, 0) is 9.53 Å². The number of para-hydroxylation sites is 1. The highest BCUT2D eigenvalue weighted by atomic mass is 16.5. The van der Waals surface area contributed by atoms with Gasteiger partial charge in [-0.1, -0.05) is 25.1 Å². The first-order valence-corrected chi connectivity index (χ1v) is 7.48. The summed E-state index contributed by atoms with van der Waals surface area (Å²) in [7, 11) is 0. The molecule has 0 bridgehead atoms. The molecule has 4 nitrogen and oxygen atoms in total. The van der Waals surface area contributed by atoms with Crippen molar-refractivity contribution < 1.29 is 9.53 Å². The summed E-state index contributed by atoms with van der Waals surface area (Å²) in [5.41, 5.74) is 2.60. The maximum Gasteiger partial charge on any atom is 0.249 e. The minimum Gasteiger partial charge on any atom is -0.384 e. The molecular weight excluding hydrogens is 252 g/mol. The van der Waals surface area contributed by atoms with E-state index in [2.05, 4.69) is 41.8 Å². The van der Waals surface area contributed by atoms with Crippen LogP contribution in [0.5, 0.6) is 0 Å². The summed E-state index contributed by atoms with van der Waals surface area (Å²) in [6.45, 7) is 4.46. The number of hydrogen-bond acceptors (Lipinski definition) is 3. The Kier molecular flexibility index (Phi) is 3.92. The Morgan fingerprint density at radius 2 is 2.30 bits per heavy atom. The predicted octanol–water partition coefficient (Wildman–Crippen LogP) is 2.13. The second kappa shape index (κ2) is 5.83. The third-order valence-electron chi connectivity index (χ3n) is 4.38. The molecule has 1 fully saturated rings. The molecule has 0 aliphatic carbocycles. The minimum atomic E-state index is -0.246. The van der Waals surface area contributed by atoms with Crippen LogP contribution < -0.4 is 10.6 Å². The molecule has 0 radical (unpaired) electrons. The van der Waals surface area contributed by atoms with E-state index >= 15 is 0 Å². The number of fused-ring (bicyclic) bond motifs is 1. The smallest absolute Gasteiger partial charge is 0.249 e. The molecule has 2 aliphatic rings. The van der Waals surface area contributed by atoms with Gasteiger partial charge in [0, 0.05) is 31.3 Å². The van der Waals surface area contributed by atoms with Crippen molar-refractivity contribution in [2.45, 2.75) is 31.8 Å². The van der Waals surface area contributed by atoms with Crippen molar-refractivity contribution in [3.63, 3.8) is 0 Å². The monoisotopic (exact) mass is 274 g/mol. The second-order valence-electron chi connectivity index (χ2n) is 5.80. The van der Waals surface area contributed by atoms with E-state index in [1.165, 1.54) is 11.3 Å². The number of hydrogen-bond donors (Lipinski definition) is 2. The average molecular weight is 274 g/mol. The highest BCUT2D eigenvalue weighted by Gasteiger charge is 2.30. The summed E-state index contributed by atoms with van der Waals surface area (Å²) in [4.78, 5) is 12.0. The highest BCUT2D eigenvalue weighted by Crippen LogP contribution is 2.32. The van der Waals surface area contributed by atoms with Crippen LogP contribution in [0.15, 0.2) is 24.3 Å². The molecule has 4 heteroatoms. The van der Waals surface area contributed by atoms with Crippen molar-refractivity contribution in [3.8, 4) is 0 Å². The van der Waals surface area contributed by atoms with Gasteiger partial charge in [-0.3, -0.25) is 4.79 Å². The van der Waals surface area contributed by atoms with Crippen molar-refractivity contribution in [1.29, 1.82) is 0 Å². The van der Waals surface area contributed by atoms with Crippen molar-refractivity contribution in [3.05, 3.63) is 29.8 Å². The molecule has 2 N–H and O–H groups in total. The zero-order chi connectivity index (χ0) is 13.9. The summed E-state index contributed by atoms with van der Waals surface area (Å²) in [5, 5.41) is 6.43. The molecule has 3 unspecified atom stereocenters. The van der Waals surface area contributed by atoms with Crippen LogP contribution in [0, 0.1) is 5.92 Å². The first-order chi connectivity index (χ1) is 9.75. The lowest BCUT2D eigenvalue weighted by atomic mass is 9.98. The summed E-state index contributed by atoms with van der Waals surface area (Å²) >= 11 is 0. The molecule has 108 valence electrons. The van der Waals surface area contributed by atoms with E-state index in [0.29, 0.717) is 25.0 Å². The maximum absolute atomic E-state index is 12.0. The summed E-state index contributed by atoms with van der Waals surface area (Å²) in [6, 6.07) is 8.41. The Balaban J connectivity index is 1.48. The Bertz CT molecular complexity index is 489. The van der Waals surface area contributed by atoms with E-state index in [4.69, 9.17) is 4.74 Å². The normalized spacial score (nSPS) is 27.9. The topological polar surface area (TPSA) is 50.4 Å². The number of benzene rings is 1. The van der Waals surface area contributed by atoms with Crippen LogP contribution in [0.3, 0.4) is 0 Å². The fourth-order valence-corrected chi connectivity index (χ4v) is 3.12.